The number of nitrogens with one attached hydrogen (secondary N) is 2. The molecule has 3 amide bonds. The number of hydrogen-bond donors (Lipinski definition) is 2. The van der Waals surface area contributed by atoms with Crippen LogP contribution >= 0.6 is 23.1 Å². The van der Waals surface area contributed by atoms with Crippen molar-refractivity contribution in [1.29, 1.82) is 0 Å². The van der Waals surface area contributed by atoms with E-state index in [1.54, 1.807) is 49.8 Å². The van der Waals surface area contributed by atoms with E-state index in [9.17, 15) is 14.4 Å². The standard InChI is InChI=1S/C32H27N3O4S2/c1-21-20-40-31(33-29(36)24-11-7-4-8-12-24)28(21)30(37)34-35-27(18-15-22-9-5-3-6-10-22)41-26(32(35)38)19-23-13-16-25(39-2)17-14-23/h3-20,27H,1-2H3,(H,33,36)(H,34,37)/b18-15+,26-19+. The van der Waals surface area contributed by atoms with Crippen LogP contribution in [0.2, 0.25) is 0 Å². The molecule has 1 aliphatic rings. The van der Waals surface area contributed by atoms with Gasteiger partial charge in [0.15, 0.2) is 0 Å². The largest absolute Gasteiger partial charge is 0.497 e. The number of amides is 3. The molecule has 0 aliphatic carbocycles. The second kappa shape index (κ2) is 12.7. The number of hydrazine groups is 1. The first kappa shape index (κ1) is 27.9. The van der Waals surface area contributed by atoms with Crippen molar-refractivity contribution >= 4 is 58.0 Å². The highest BCUT2D eigenvalue weighted by molar-refractivity contribution is 8.05. The summed E-state index contributed by atoms with van der Waals surface area (Å²) in [6.07, 6.45) is 5.59. The van der Waals surface area contributed by atoms with E-state index in [1.807, 2.05) is 72.8 Å². The summed E-state index contributed by atoms with van der Waals surface area (Å²) in [7, 11) is 1.60. The normalized spacial score (nSPS) is 15.9. The molecular formula is C32H27N3O4S2. The molecule has 1 fully saturated rings. The van der Waals surface area contributed by atoms with Crippen LogP contribution in [0.3, 0.4) is 0 Å². The predicted octanol–water partition coefficient (Wildman–Crippen LogP) is 6.62. The number of benzene rings is 3. The number of anilines is 1. The lowest BCUT2D eigenvalue weighted by Gasteiger charge is -2.22. The Morgan fingerprint density at radius 2 is 1.59 bits per heavy atom. The van der Waals surface area contributed by atoms with E-state index in [2.05, 4.69) is 10.7 Å². The Labute approximate surface area is 246 Å². The summed E-state index contributed by atoms with van der Waals surface area (Å²) < 4.78 is 5.23. The molecular weight excluding hydrogens is 555 g/mol. The van der Waals surface area contributed by atoms with Gasteiger partial charge in [0.25, 0.3) is 17.7 Å². The molecule has 1 atom stereocenters. The molecule has 0 radical (unpaired) electrons. The first-order valence-electron chi connectivity index (χ1n) is 12.8. The fourth-order valence-electron chi connectivity index (χ4n) is 4.16. The summed E-state index contributed by atoms with van der Waals surface area (Å²) in [5.41, 5.74) is 6.11. The highest BCUT2D eigenvalue weighted by Crippen LogP contribution is 2.37. The summed E-state index contributed by atoms with van der Waals surface area (Å²) in [5, 5.41) is 5.91. The molecule has 0 spiro atoms. The maximum absolute atomic E-state index is 13.6. The van der Waals surface area contributed by atoms with Crippen LogP contribution in [0.4, 0.5) is 5.00 Å². The molecule has 41 heavy (non-hydrogen) atoms. The quantitative estimate of drug-likeness (QED) is 0.229. The molecule has 5 rings (SSSR count). The monoisotopic (exact) mass is 581 g/mol. The first-order chi connectivity index (χ1) is 19.9. The van der Waals surface area contributed by atoms with Gasteiger partial charge in [-0.25, -0.2) is 5.01 Å². The minimum atomic E-state index is -0.488. The Morgan fingerprint density at radius 3 is 2.27 bits per heavy atom. The van der Waals surface area contributed by atoms with Crippen molar-refractivity contribution in [2.45, 2.75) is 12.3 Å². The van der Waals surface area contributed by atoms with Crippen LogP contribution in [-0.4, -0.2) is 35.2 Å². The van der Waals surface area contributed by atoms with E-state index in [0.29, 0.717) is 26.6 Å². The second-order valence-electron chi connectivity index (χ2n) is 9.12. The zero-order chi connectivity index (χ0) is 28.8. The van der Waals surface area contributed by atoms with Gasteiger partial charge in [0.05, 0.1) is 17.6 Å². The van der Waals surface area contributed by atoms with Crippen molar-refractivity contribution in [2.75, 3.05) is 12.4 Å². The van der Waals surface area contributed by atoms with Gasteiger partial charge in [-0.15, -0.1) is 11.3 Å². The molecule has 4 aromatic rings. The third kappa shape index (κ3) is 6.59. The lowest BCUT2D eigenvalue weighted by Crippen LogP contribution is -2.47. The number of thioether (sulfide) groups is 1. The van der Waals surface area contributed by atoms with E-state index in [4.69, 9.17) is 4.74 Å². The molecule has 206 valence electrons. The number of thiophene rings is 1. The van der Waals surface area contributed by atoms with Gasteiger partial charge in [0.1, 0.15) is 16.1 Å². The molecule has 1 saturated heterocycles. The zero-order valence-corrected chi connectivity index (χ0v) is 24.0. The number of ether oxygens (including phenoxy) is 1. The number of aryl methyl sites for hydroxylation is 1. The maximum Gasteiger partial charge on any atom is 0.280 e. The van der Waals surface area contributed by atoms with Crippen LogP contribution in [0.5, 0.6) is 5.75 Å². The predicted molar refractivity (Wildman–Crippen MR) is 166 cm³/mol. The van der Waals surface area contributed by atoms with E-state index in [0.717, 1.165) is 16.9 Å². The van der Waals surface area contributed by atoms with Crippen molar-refractivity contribution in [3.8, 4) is 5.75 Å². The van der Waals surface area contributed by atoms with E-state index in [1.165, 1.54) is 28.1 Å². The van der Waals surface area contributed by atoms with Gasteiger partial charge in [-0.05, 0) is 65.4 Å². The van der Waals surface area contributed by atoms with Crippen molar-refractivity contribution in [1.82, 2.24) is 10.4 Å². The Bertz CT molecular complexity index is 1610. The SMILES string of the molecule is COc1ccc(/C=C2/SC(/C=C/c3ccccc3)N(NC(=O)c3c(C)csc3NC(=O)c3ccccc3)C2=O)cc1. The van der Waals surface area contributed by atoms with Gasteiger partial charge in [0.2, 0.25) is 0 Å². The third-order valence-electron chi connectivity index (χ3n) is 6.29. The highest BCUT2D eigenvalue weighted by atomic mass is 32.2. The molecule has 7 nitrogen and oxygen atoms in total. The van der Waals surface area contributed by atoms with Gasteiger partial charge in [-0.3, -0.25) is 19.8 Å². The number of nitrogens with zero attached hydrogens (tertiary/aromatic N) is 1. The third-order valence-corrected chi connectivity index (χ3v) is 8.45. The summed E-state index contributed by atoms with van der Waals surface area (Å²) in [4.78, 5) is 40.5. The van der Waals surface area contributed by atoms with E-state index < -0.39 is 11.3 Å². The average Bonchev–Trinajstić information content (AvgIpc) is 3.51. The Hall–Kier alpha value is -4.60. The highest BCUT2D eigenvalue weighted by Gasteiger charge is 2.37. The van der Waals surface area contributed by atoms with Crippen molar-refractivity contribution in [3.05, 3.63) is 129 Å². The van der Waals surface area contributed by atoms with E-state index in [-0.39, 0.29) is 11.8 Å². The maximum atomic E-state index is 13.6. The van der Waals surface area contributed by atoms with Crippen molar-refractivity contribution in [2.24, 2.45) is 0 Å². The number of carbonyl (C=O) groups is 3. The second-order valence-corrected chi connectivity index (χ2v) is 11.2. The van der Waals surface area contributed by atoms with Crippen molar-refractivity contribution < 1.29 is 19.1 Å². The molecule has 1 aromatic heterocycles. The number of methoxy groups -OCH3 is 1. The van der Waals surface area contributed by atoms with Crippen LogP contribution in [0.1, 0.15) is 37.4 Å². The zero-order valence-electron chi connectivity index (χ0n) is 22.4. The van der Waals surface area contributed by atoms with Crippen LogP contribution < -0.4 is 15.5 Å². The van der Waals surface area contributed by atoms with Crippen LogP contribution in [0.15, 0.2) is 101 Å². The Balaban J connectivity index is 1.41. The summed E-state index contributed by atoms with van der Waals surface area (Å²) in [5.74, 6) is -0.409. The minimum absolute atomic E-state index is 0.315. The summed E-state index contributed by atoms with van der Waals surface area (Å²) in [6.45, 7) is 1.80. The topological polar surface area (TPSA) is 87.7 Å². The van der Waals surface area contributed by atoms with Crippen molar-refractivity contribution in [3.63, 3.8) is 0 Å². The molecule has 9 heteroatoms. The van der Waals surface area contributed by atoms with Gasteiger partial charge in [-0.1, -0.05) is 78.5 Å². The molecule has 2 N–H and O–H groups in total. The fraction of sp³-hybridized carbons (Fsp3) is 0.0938. The molecule has 1 aliphatic heterocycles. The number of rotatable bonds is 8. The van der Waals surface area contributed by atoms with E-state index >= 15 is 0 Å². The van der Waals surface area contributed by atoms with Crippen LogP contribution in [0, 0.1) is 6.92 Å². The number of carbonyl (C=O) groups excluding carboxylic acids is 3. The lowest BCUT2D eigenvalue weighted by molar-refractivity contribution is -0.127. The number of hydrogen-bond acceptors (Lipinski definition) is 6. The average molecular weight is 582 g/mol. The summed E-state index contributed by atoms with van der Waals surface area (Å²) >= 11 is 2.61. The molecule has 3 aromatic carbocycles. The minimum Gasteiger partial charge on any atom is -0.497 e. The van der Waals surface area contributed by atoms with Crippen LogP contribution in [-0.2, 0) is 4.79 Å². The summed E-state index contributed by atoms with van der Waals surface area (Å²) in [6, 6.07) is 25.9. The Morgan fingerprint density at radius 1 is 0.902 bits per heavy atom. The fourth-order valence-corrected chi connectivity index (χ4v) is 6.17. The van der Waals surface area contributed by atoms with Crippen LogP contribution in [0.25, 0.3) is 12.2 Å². The van der Waals surface area contributed by atoms with Gasteiger partial charge in [0, 0.05) is 5.56 Å². The van der Waals surface area contributed by atoms with Gasteiger partial charge >= 0.3 is 0 Å². The van der Waals surface area contributed by atoms with Gasteiger partial charge < -0.3 is 10.1 Å². The molecule has 2 heterocycles. The molecule has 0 bridgehead atoms. The smallest absolute Gasteiger partial charge is 0.280 e. The first-order valence-corrected chi connectivity index (χ1v) is 14.5. The molecule has 0 saturated carbocycles. The van der Waals surface area contributed by atoms with Gasteiger partial charge in [-0.2, -0.15) is 0 Å². The lowest BCUT2D eigenvalue weighted by atomic mass is 10.2. The Kier molecular flexibility index (Phi) is 8.67. The molecule has 1 unspecified atom stereocenters.